The van der Waals surface area contributed by atoms with E-state index in [9.17, 15) is 26.4 Å². The Balaban J connectivity index is 1.96. The molecule has 1 aliphatic rings. The Bertz CT molecular complexity index is 647. The van der Waals surface area contributed by atoms with Crippen molar-refractivity contribution >= 4 is 15.9 Å². The smallest absolute Gasteiger partial charge is 0.334 e. The van der Waals surface area contributed by atoms with Crippen LogP contribution in [-0.4, -0.2) is 44.2 Å². The molecule has 2 N–H and O–H groups in total. The zero-order chi connectivity index (χ0) is 17.1. The maximum absolute atomic E-state index is 13.1. The van der Waals surface area contributed by atoms with Crippen molar-refractivity contribution in [2.24, 2.45) is 0 Å². The lowest BCUT2D eigenvalue weighted by atomic mass is 10.1. The van der Waals surface area contributed by atoms with Gasteiger partial charge in [-0.2, -0.15) is 13.2 Å². The highest BCUT2D eigenvalue weighted by atomic mass is 32.2. The first-order valence-corrected chi connectivity index (χ1v) is 8.86. The Morgan fingerprint density at radius 1 is 1.26 bits per heavy atom. The lowest BCUT2D eigenvalue weighted by Gasteiger charge is -2.23. The van der Waals surface area contributed by atoms with E-state index in [1.807, 2.05) is 5.32 Å². The van der Waals surface area contributed by atoms with Gasteiger partial charge in [0.15, 0.2) is 9.84 Å². The molecule has 0 saturated carbocycles. The van der Waals surface area contributed by atoms with Crippen LogP contribution in [0.25, 0.3) is 0 Å². The number of halogens is 3. The van der Waals surface area contributed by atoms with Gasteiger partial charge in [-0.1, -0.05) is 30.3 Å². The normalized spacial score (nSPS) is 21.6. The topological polar surface area (TPSA) is 75.3 Å². The molecule has 0 bridgehead atoms. The van der Waals surface area contributed by atoms with Crippen molar-refractivity contribution < 1.29 is 26.4 Å². The van der Waals surface area contributed by atoms with Gasteiger partial charge in [-0.15, -0.1) is 0 Å². The molecule has 23 heavy (non-hydrogen) atoms. The Hall–Kier alpha value is -1.77. The number of amides is 2. The van der Waals surface area contributed by atoms with Gasteiger partial charge in [0.2, 0.25) is 0 Å². The van der Waals surface area contributed by atoms with Crippen molar-refractivity contribution in [2.45, 2.75) is 31.1 Å². The quantitative estimate of drug-likeness (QED) is 0.867. The largest absolute Gasteiger partial charge is 0.408 e. The van der Waals surface area contributed by atoms with Gasteiger partial charge in [0.1, 0.15) is 6.04 Å². The molecule has 1 aromatic carbocycles. The summed E-state index contributed by atoms with van der Waals surface area (Å²) in [5.74, 6) is -0.305. The monoisotopic (exact) mass is 350 g/mol. The molecule has 1 fully saturated rings. The molecule has 0 spiro atoms. The third-order valence-corrected chi connectivity index (χ3v) is 5.32. The zero-order valence-electron chi connectivity index (χ0n) is 12.1. The minimum absolute atomic E-state index is 0.0648. The standard InChI is InChI=1S/C14H17F3N2O3S/c15-14(16,17)12(8-10-4-2-1-3-5-10)19-13(20)18-11-6-7-23(21,22)9-11/h1-5,11-12H,6-9H2,(H2,18,19,20)/t11-,12+/m1/s1. The molecule has 1 aliphatic heterocycles. The molecule has 0 unspecified atom stereocenters. The molecule has 0 radical (unpaired) electrons. The SMILES string of the molecule is O=C(N[C@@H]1CCS(=O)(=O)C1)N[C@@H](Cc1ccccc1)C(F)(F)F. The number of hydrogen-bond donors (Lipinski definition) is 2. The Morgan fingerprint density at radius 2 is 1.91 bits per heavy atom. The van der Waals surface area contributed by atoms with Crippen LogP contribution < -0.4 is 10.6 Å². The number of sulfone groups is 1. The van der Waals surface area contributed by atoms with E-state index in [2.05, 4.69) is 5.32 Å². The van der Waals surface area contributed by atoms with Crippen molar-refractivity contribution in [3.05, 3.63) is 35.9 Å². The molecule has 2 rings (SSSR count). The Kier molecular flexibility index (Phi) is 5.18. The summed E-state index contributed by atoms with van der Waals surface area (Å²) in [5, 5.41) is 4.18. The van der Waals surface area contributed by atoms with Crippen LogP contribution in [0.15, 0.2) is 30.3 Å². The molecular formula is C14H17F3N2O3S. The van der Waals surface area contributed by atoms with Crippen LogP contribution in [0.2, 0.25) is 0 Å². The molecule has 1 saturated heterocycles. The zero-order valence-corrected chi connectivity index (χ0v) is 13.0. The summed E-state index contributed by atoms with van der Waals surface area (Å²) in [4.78, 5) is 11.7. The predicted molar refractivity (Wildman–Crippen MR) is 78.7 cm³/mol. The second kappa shape index (κ2) is 6.77. The van der Waals surface area contributed by atoms with Gasteiger partial charge in [-0.25, -0.2) is 13.2 Å². The maximum Gasteiger partial charge on any atom is 0.408 e. The molecule has 1 heterocycles. The summed E-state index contributed by atoms with van der Waals surface area (Å²) in [6, 6.07) is 4.31. The molecule has 0 aliphatic carbocycles. The van der Waals surface area contributed by atoms with E-state index >= 15 is 0 Å². The Morgan fingerprint density at radius 3 is 2.43 bits per heavy atom. The van der Waals surface area contributed by atoms with Crippen LogP contribution in [0.1, 0.15) is 12.0 Å². The average molecular weight is 350 g/mol. The first kappa shape index (κ1) is 17.6. The molecule has 0 aromatic heterocycles. The number of carbonyl (C=O) groups excluding carboxylic acids is 1. The molecule has 9 heteroatoms. The van der Waals surface area contributed by atoms with Crippen molar-refractivity contribution in [1.82, 2.24) is 10.6 Å². The summed E-state index contributed by atoms with van der Waals surface area (Å²) in [5.41, 5.74) is 0.443. The van der Waals surface area contributed by atoms with Gasteiger partial charge in [0, 0.05) is 12.5 Å². The van der Waals surface area contributed by atoms with Crippen molar-refractivity contribution in [3.63, 3.8) is 0 Å². The van der Waals surface area contributed by atoms with Crippen LogP contribution in [0.5, 0.6) is 0 Å². The minimum Gasteiger partial charge on any atom is -0.334 e. The third kappa shape index (κ3) is 5.42. The second-order valence-electron chi connectivity index (χ2n) is 5.50. The van der Waals surface area contributed by atoms with Crippen LogP contribution in [-0.2, 0) is 16.3 Å². The fourth-order valence-electron chi connectivity index (χ4n) is 2.39. The lowest BCUT2D eigenvalue weighted by Crippen LogP contribution is -2.52. The van der Waals surface area contributed by atoms with E-state index < -0.39 is 34.1 Å². The summed E-state index contributed by atoms with van der Waals surface area (Å²) >= 11 is 0. The number of carbonyl (C=O) groups is 1. The highest BCUT2D eigenvalue weighted by Crippen LogP contribution is 2.23. The predicted octanol–water partition coefficient (Wildman–Crippen LogP) is 1.65. The summed E-state index contributed by atoms with van der Waals surface area (Å²) in [7, 11) is -3.21. The van der Waals surface area contributed by atoms with E-state index in [0.717, 1.165) is 0 Å². The number of urea groups is 1. The van der Waals surface area contributed by atoms with Crippen LogP contribution >= 0.6 is 0 Å². The minimum atomic E-state index is -4.60. The van der Waals surface area contributed by atoms with Crippen molar-refractivity contribution in [2.75, 3.05) is 11.5 Å². The molecule has 5 nitrogen and oxygen atoms in total. The number of rotatable bonds is 4. The van der Waals surface area contributed by atoms with E-state index in [4.69, 9.17) is 0 Å². The first-order valence-electron chi connectivity index (χ1n) is 7.04. The van der Waals surface area contributed by atoms with Crippen molar-refractivity contribution in [1.29, 1.82) is 0 Å². The fourth-order valence-corrected chi connectivity index (χ4v) is 4.07. The highest BCUT2D eigenvalue weighted by Gasteiger charge is 2.41. The van der Waals surface area contributed by atoms with Gasteiger partial charge in [0.05, 0.1) is 11.5 Å². The average Bonchev–Trinajstić information content (AvgIpc) is 2.77. The lowest BCUT2D eigenvalue weighted by molar-refractivity contribution is -0.152. The van der Waals surface area contributed by atoms with Gasteiger partial charge in [-0.3, -0.25) is 0 Å². The van der Waals surface area contributed by atoms with E-state index in [-0.39, 0.29) is 24.3 Å². The van der Waals surface area contributed by atoms with Crippen LogP contribution in [0, 0.1) is 0 Å². The fraction of sp³-hybridized carbons (Fsp3) is 0.500. The number of benzene rings is 1. The van der Waals surface area contributed by atoms with Gasteiger partial charge in [-0.05, 0) is 12.0 Å². The molecule has 1 aromatic rings. The first-order chi connectivity index (χ1) is 10.7. The summed E-state index contributed by atoms with van der Waals surface area (Å²) < 4.78 is 61.8. The van der Waals surface area contributed by atoms with E-state index in [0.29, 0.717) is 5.56 Å². The van der Waals surface area contributed by atoms with E-state index in [1.54, 1.807) is 30.3 Å². The van der Waals surface area contributed by atoms with Gasteiger partial charge >= 0.3 is 12.2 Å². The molecule has 128 valence electrons. The third-order valence-electron chi connectivity index (χ3n) is 3.55. The number of nitrogens with one attached hydrogen (secondary N) is 2. The highest BCUT2D eigenvalue weighted by molar-refractivity contribution is 7.91. The molecule has 2 atom stereocenters. The number of alkyl halides is 3. The summed E-state index contributed by atoms with van der Waals surface area (Å²) in [6.07, 6.45) is -4.78. The summed E-state index contributed by atoms with van der Waals surface area (Å²) in [6.45, 7) is 0. The maximum atomic E-state index is 13.1. The molecule has 2 amide bonds. The molecular weight excluding hydrogens is 333 g/mol. The number of hydrogen-bond acceptors (Lipinski definition) is 3. The Labute approximate surface area is 132 Å². The second-order valence-corrected chi connectivity index (χ2v) is 7.73. The van der Waals surface area contributed by atoms with Crippen molar-refractivity contribution in [3.8, 4) is 0 Å². The van der Waals surface area contributed by atoms with Crippen LogP contribution in [0.3, 0.4) is 0 Å². The van der Waals surface area contributed by atoms with Gasteiger partial charge < -0.3 is 10.6 Å². The van der Waals surface area contributed by atoms with Gasteiger partial charge in [0.25, 0.3) is 0 Å². The van der Waals surface area contributed by atoms with Crippen LogP contribution in [0.4, 0.5) is 18.0 Å². The van der Waals surface area contributed by atoms with E-state index in [1.165, 1.54) is 0 Å².